The van der Waals surface area contributed by atoms with Crippen molar-refractivity contribution in [1.29, 1.82) is 5.26 Å². The number of anilines is 1. The number of nitriles is 1. The van der Waals surface area contributed by atoms with Crippen LogP contribution in [-0.2, 0) is 16.2 Å². The molecule has 1 N–H and O–H groups in total. The number of pyridine rings is 1. The summed E-state index contributed by atoms with van der Waals surface area (Å²) < 4.78 is 69.0. The first-order valence-electron chi connectivity index (χ1n) is 11.4. The number of hydrogen-bond acceptors (Lipinski definition) is 4. The smallest absolute Gasteiger partial charge is 0.280 e. The fourth-order valence-corrected chi connectivity index (χ4v) is 5.35. The summed E-state index contributed by atoms with van der Waals surface area (Å²) in [7, 11) is -3.80. The molecule has 1 aromatic heterocycles. The molecule has 0 saturated carbocycles. The first kappa shape index (κ1) is 27.4. The van der Waals surface area contributed by atoms with Crippen molar-refractivity contribution in [2.75, 3.05) is 4.72 Å². The van der Waals surface area contributed by atoms with E-state index in [1.165, 1.54) is 24.3 Å². The van der Waals surface area contributed by atoms with Crippen LogP contribution in [0.3, 0.4) is 0 Å². The Morgan fingerprint density at radius 3 is 2.13 bits per heavy atom. The van der Waals surface area contributed by atoms with Crippen molar-refractivity contribution in [3.05, 3.63) is 114 Å². The molecule has 5 aromatic rings. The highest BCUT2D eigenvalue weighted by atomic mass is 32.2. The van der Waals surface area contributed by atoms with Crippen LogP contribution in [0.4, 0.5) is 18.9 Å². The molecule has 0 aliphatic rings. The van der Waals surface area contributed by atoms with Gasteiger partial charge in [0.15, 0.2) is 0 Å². The van der Waals surface area contributed by atoms with E-state index >= 15 is 0 Å². The SMILES string of the molecule is C.N#Cc1cnc2c(C(F)(F)F)cccc2c1-c1cccc(-c2cccc(NS(=O)(=O)c3ccccc3)c2)c1. The van der Waals surface area contributed by atoms with Gasteiger partial charge in [0, 0.05) is 22.8 Å². The lowest BCUT2D eigenvalue weighted by Crippen LogP contribution is -2.12. The van der Waals surface area contributed by atoms with Gasteiger partial charge < -0.3 is 0 Å². The van der Waals surface area contributed by atoms with Crippen LogP contribution in [0.1, 0.15) is 18.6 Å². The first-order chi connectivity index (χ1) is 18.2. The monoisotopic (exact) mass is 545 g/mol. The highest BCUT2D eigenvalue weighted by molar-refractivity contribution is 7.92. The molecule has 39 heavy (non-hydrogen) atoms. The molecule has 1 heterocycles. The van der Waals surface area contributed by atoms with E-state index in [9.17, 15) is 26.9 Å². The van der Waals surface area contributed by atoms with E-state index in [2.05, 4.69) is 9.71 Å². The lowest BCUT2D eigenvalue weighted by molar-refractivity contribution is -0.136. The third-order valence-corrected chi connectivity index (χ3v) is 7.37. The van der Waals surface area contributed by atoms with Gasteiger partial charge in [0.05, 0.1) is 21.5 Å². The molecule has 0 unspecified atom stereocenters. The number of nitrogens with one attached hydrogen (secondary N) is 1. The number of hydrogen-bond donors (Lipinski definition) is 1. The topological polar surface area (TPSA) is 82.8 Å². The van der Waals surface area contributed by atoms with Crippen molar-refractivity contribution in [3.63, 3.8) is 0 Å². The van der Waals surface area contributed by atoms with Crippen LogP contribution in [-0.4, -0.2) is 13.4 Å². The number of nitrogens with zero attached hydrogens (tertiary/aromatic N) is 2. The molecule has 0 spiro atoms. The van der Waals surface area contributed by atoms with Crippen LogP contribution in [0, 0.1) is 11.3 Å². The molecule has 0 bridgehead atoms. The Morgan fingerprint density at radius 2 is 1.44 bits per heavy atom. The molecule has 0 aliphatic carbocycles. The number of para-hydroxylation sites is 1. The Labute approximate surface area is 224 Å². The molecule has 9 heteroatoms. The molecule has 0 atom stereocenters. The van der Waals surface area contributed by atoms with Crippen molar-refractivity contribution in [1.82, 2.24) is 4.98 Å². The van der Waals surface area contributed by atoms with E-state index in [4.69, 9.17) is 0 Å². The number of benzene rings is 4. The van der Waals surface area contributed by atoms with Crippen molar-refractivity contribution in [2.45, 2.75) is 18.5 Å². The Morgan fingerprint density at radius 1 is 0.795 bits per heavy atom. The second kappa shape index (κ2) is 10.6. The normalized spacial score (nSPS) is 11.4. The molecule has 0 radical (unpaired) electrons. The Kier molecular flexibility index (Phi) is 7.43. The molecule has 0 fully saturated rings. The number of rotatable bonds is 5. The first-order valence-corrected chi connectivity index (χ1v) is 12.8. The van der Waals surface area contributed by atoms with Gasteiger partial charge in [-0.05, 0) is 53.1 Å². The van der Waals surface area contributed by atoms with Crippen LogP contribution in [0.15, 0.2) is 108 Å². The summed E-state index contributed by atoms with van der Waals surface area (Å²) in [5.41, 5.74) is 1.59. The largest absolute Gasteiger partial charge is 0.418 e. The lowest BCUT2D eigenvalue weighted by atomic mass is 9.93. The van der Waals surface area contributed by atoms with Crippen LogP contribution >= 0.6 is 0 Å². The van der Waals surface area contributed by atoms with Gasteiger partial charge in [-0.25, -0.2) is 8.42 Å². The van der Waals surface area contributed by atoms with Gasteiger partial charge in [-0.3, -0.25) is 9.71 Å². The molecule has 5 nitrogen and oxygen atoms in total. The summed E-state index contributed by atoms with van der Waals surface area (Å²) in [6.45, 7) is 0. The maximum Gasteiger partial charge on any atom is 0.418 e. The third kappa shape index (κ3) is 5.47. The van der Waals surface area contributed by atoms with Gasteiger partial charge in [-0.15, -0.1) is 0 Å². The van der Waals surface area contributed by atoms with Crippen molar-refractivity contribution < 1.29 is 21.6 Å². The minimum absolute atomic E-state index is 0. The summed E-state index contributed by atoms with van der Waals surface area (Å²) in [5.74, 6) is 0. The molecular weight excluding hydrogens is 523 g/mol. The highest BCUT2D eigenvalue weighted by Crippen LogP contribution is 2.39. The standard InChI is InChI=1S/C29H18F3N3O2S.CH4/c30-29(31,32)26-14-6-13-25-27(22(17-33)18-34-28(25)26)21-9-4-7-19(15-21)20-8-5-10-23(16-20)35-38(36,37)24-11-2-1-3-12-24;/h1-16,18,35H;1H4. The van der Waals surface area contributed by atoms with Crippen LogP contribution < -0.4 is 4.72 Å². The summed E-state index contributed by atoms with van der Waals surface area (Å²) in [6, 6.07) is 27.5. The molecule has 0 saturated heterocycles. The van der Waals surface area contributed by atoms with Gasteiger partial charge in [0.1, 0.15) is 6.07 Å². The van der Waals surface area contributed by atoms with Gasteiger partial charge >= 0.3 is 6.18 Å². The number of fused-ring (bicyclic) bond motifs is 1. The van der Waals surface area contributed by atoms with Crippen LogP contribution in [0.5, 0.6) is 0 Å². The number of alkyl halides is 3. The molecular formula is C30H22F3N3O2S. The van der Waals surface area contributed by atoms with Crippen molar-refractivity contribution in [3.8, 4) is 28.3 Å². The number of aromatic nitrogens is 1. The molecule has 0 aliphatic heterocycles. The van der Waals surface area contributed by atoms with Gasteiger partial charge in [0.25, 0.3) is 10.0 Å². The third-order valence-electron chi connectivity index (χ3n) is 5.98. The van der Waals surface area contributed by atoms with Crippen LogP contribution in [0.2, 0.25) is 0 Å². The fraction of sp³-hybridized carbons (Fsp3) is 0.0667. The Balaban J connectivity index is 0.00000353. The van der Waals surface area contributed by atoms with E-state index in [1.807, 2.05) is 6.07 Å². The minimum atomic E-state index is -4.60. The molecule has 0 amide bonds. The van der Waals surface area contributed by atoms with Gasteiger partial charge in [0.2, 0.25) is 0 Å². The zero-order valence-corrected chi connectivity index (χ0v) is 20.4. The predicted octanol–water partition coefficient (Wildman–Crippen LogP) is 7.90. The summed E-state index contributed by atoms with van der Waals surface area (Å²) in [5, 5.41) is 9.92. The fourth-order valence-electron chi connectivity index (χ4n) is 4.28. The highest BCUT2D eigenvalue weighted by Gasteiger charge is 2.33. The summed E-state index contributed by atoms with van der Waals surface area (Å²) in [4.78, 5) is 4.07. The zero-order valence-electron chi connectivity index (χ0n) is 19.6. The number of sulfonamides is 1. The average Bonchev–Trinajstić information content (AvgIpc) is 2.92. The Hall–Kier alpha value is -4.68. The quantitative estimate of drug-likeness (QED) is 0.243. The second-order valence-corrected chi connectivity index (χ2v) is 10.1. The van der Waals surface area contributed by atoms with E-state index in [0.29, 0.717) is 27.9 Å². The second-order valence-electron chi connectivity index (χ2n) is 8.44. The van der Waals surface area contributed by atoms with E-state index in [1.54, 1.807) is 66.7 Å². The van der Waals surface area contributed by atoms with E-state index in [0.717, 1.165) is 12.3 Å². The van der Waals surface area contributed by atoms with Crippen LogP contribution in [0.25, 0.3) is 33.2 Å². The summed E-state index contributed by atoms with van der Waals surface area (Å²) >= 11 is 0. The van der Waals surface area contributed by atoms with Gasteiger partial charge in [-0.1, -0.05) is 68.1 Å². The maximum atomic E-state index is 13.6. The van der Waals surface area contributed by atoms with E-state index in [-0.39, 0.29) is 28.8 Å². The van der Waals surface area contributed by atoms with Crippen molar-refractivity contribution in [2.24, 2.45) is 0 Å². The van der Waals surface area contributed by atoms with E-state index < -0.39 is 21.8 Å². The average molecular weight is 546 g/mol. The number of halogens is 3. The predicted molar refractivity (Wildman–Crippen MR) is 146 cm³/mol. The lowest BCUT2D eigenvalue weighted by Gasteiger charge is -2.14. The maximum absolute atomic E-state index is 13.6. The molecule has 5 rings (SSSR count). The molecule has 196 valence electrons. The minimum Gasteiger partial charge on any atom is -0.280 e. The Bertz CT molecular complexity index is 1810. The molecule has 4 aromatic carbocycles. The summed E-state index contributed by atoms with van der Waals surface area (Å²) in [6.07, 6.45) is -3.45. The van der Waals surface area contributed by atoms with Crippen molar-refractivity contribution >= 4 is 26.6 Å². The van der Waals surface area contributed by atoms with Gasteiger partial charge in [-0.2, -0.15) is 18.4 Å². The zero-order chi connectivity index (χ0) is 26.9.